The summed E-state index contributed by atoms with van der Waals surface area (Å²) in [6.45, 7) is 3.81. The van der Waals surface area contributed by atoms with Gasteiger partial charge in [0.05, 0.1) is 12.1 Å². The van der Waals surface area contributed by atoms with Crippen molar-refractivity contribution in [2.24, 2.45) is 5.73 Å². The number of hydrogen-bond acceptors (Lipinski definition) is 4. The summed E-state index contributed by atoms with van der Waals surface area (Å²) in [5.74, 6) is 0. The second-order valence-electron chi connectivity index (χ2n) is 3.52. The number of aliphatic hydroxyl groups is 1. The summed E-state index contributed by atoms with van der Waals surface area (Å²) in [4.78, 5) is 16.2. The van der Waals surface area contributed by atoms with Crippen molar-refractivity contribution in [2.75, 3.05) is 6.61 Å². The molecule has 0 saturated carbocycles. The lowest BCUT2D eigenvalue weighted by atomic mass is 9.94. The molecule has 1 unspecified atom stereocenters. The van der Waals surface area contributed by atoms with Gasteiger partial charge in [-0.05, 0) is 19.4 Å². The van der Waals surface area contributed by atoms with E-state index in [4.69, 9.17) is 20.4 Å². The Bertz CT molecular complexity index is 324. The Morgan fingerprint density at radius 2 is 1.73 bits per heavy atom. The first-order valence-electron chi connectivity index (χ1n) is 4.44. The molecular weight excluding hydrogens is 194 g/mol. The second kappa shape index (κ2) is 6.09. The van der Waals surface area contributed by atoms with Gasteiger partial charge in [-0.25, -0.2) is 0 Å². The predicted octanol–water partition coefficient (Wildman–Crippen LogP) is 0.578. The Balaban J connectivity index is 0.000000583. The number of carbonyl (C=O) groups excluding carboxylic acids is 2. The van der Waals surface area contributed by atoms with Crippen molar-refractivity contribution in [3.63, 3.8) is 0 Å². The molecule has 0 radical (unpaired) electrons. The van der Waals surface area contributed by atoms with Gasteiger partial charge in [-0.3, -0.25) is 0 Å². The fourth-order valence-electron chi connectivity index (χ4n) is 1.03. The third kappa shape index (κ3) is 4.51. The van der Waals surface area contributed by atoms with Crippen molar-refractivity contribution in [3.8, 4) is 0 Å². The Hall–Kier alpha value is -1.48. The Morgan fingerprint density at radius 3 is 2.07 bits per heavy atom. The number of nitrogens with two attached hydrogens (primary N) is 1. The van der Waals surface area contributed by atoms with Gasteiger partial charge in [0.25, 0.3) is 0 Å². The van der Waals surface area contributed by atoms with Crippen LogP contribution < -0.4 is 5.73 Å². The van der Waals surface area contributed by atoms with E-state index in [9.17, 15) is 0 Å². The number of aliphatic hydroxyl groups excluding tert-OH is 1. The molecule has 4 nitrogen and oxygen atoms in total. The molecule has 4 heteroatoms. The van der Waals surface area contributed by atoms with Crippen LogP contribution in [0.4, 0.5) is 0 Å². The lowest BCUT2D eigenvalue weighted by Crippen LogP contribution is -2.36. The Morgan fingerprint density at radius 1 is 1.33 bits per heavy atom. The molecule has 0 bridgehead atoms. The SMILES string of the molecule is Cc1ccc(C(C)(N)CO)cc1.O=C=O. The van der Waals surface area contributed by atoms with Crippen LogP contribution in [0.1, 0.15) is 18.1 Å². The van der Waals surface area contributed by atoms with Crippen molar-refractivity contribution in [1.29, 1.82) is 0 Å². The molecular formula is C11H15NO3. The van der Waals surface area contributed by atoms with Crippen molar-refractivity contribution in [2.45, 2.75) is 19.4 Å². The second-order valence-corrected chi connectivity index (χ2v) is 3.52. The summed E-state index contributed by atoms with van der Waals surface area (Å²) in [6, 6.07) is 7.89. The lowest BCUT2D eigenvalue weighted by molar-refractivity contribution is -0.191. The molecule has 1 rings (SSSR count). The van der Waals surface area contributed by atoms with Gasteiger partial charge >= 0.3 is 6.15 Å². The molecule has 1 atom stereocenters. The van der Waals surface area contributed by atoms with Gasteiger partial charge in [0, 0.05) is 0 Å². The predicted molar refractivity (Wildman–Crippen MR) is 54.8 cm³/mol. The fourth-order valence-corrected chi connectivity index (χ4v) is 1.03. The first-order valence-corrected chi connectivity index (χ1v) is 4.44. The maximum Gasteiger partial charge on any atom is 0.373 e. The van der Waals surface area contributed by atoms with E-state index in [1.165, 1.54) is 5.56 Å². The van der Waals surface area contributed by atoms with Crippen LogP contribution >= 0.6 is 0 Å². The van der Waals surface area contributed by atoms with Crippen LogP contribution in [0.3, 0.4) is 0 Å². The number of aryl methyl sites for hydroxylation is 1. The molecule has 0 aliphatic rings. The van der Waals surface area contributed by atoms with E-state index in [1.807, 2.05) is 38.1 Å². The van der Waals surface area contributed by atoms with Crippen LogP contribution in [-0.2, 0) is 15.1 Å². The summed E-state index contributed by atoms with van der Waals surface area (Å²) in [5, 5.41) is 8.99. The molecule has 3 N–H and O–H groups in total. The van der Waals surface area contributed by atoms with Crippen LogP contribution in [0.15, 0.2) is 24.3 Å². The summed E-state index contributed by atoms with van der Waals surface area (Å²) >= 11 is 0. The van der Waals surface area contributed by atoms with E-state index in [2.05, 4.69) is 0 Å². The highest BCUT2D eigenvalue weighted by Gasteiger charge is 2.18. The van der Waals surface area contributed by atoms with Crippen LogP contribution in [0.2, 0.25) is 0 Å². The molecule has 0 fully saturated rings. The quantitative estimate of drug-likeness (QED) is 0.746. The van der Waals surface area contributed by atoms with Gasteiger partial charge in [0.1, 0.15) is 0 Å². The van der Waals surface area contributed by atoms with E-state index in [-0.39, 0.29) is 12.8 Å². The van der Waals surface area contributed by atoms with Gasteiger partial charge in [-0.15, -0.1) is 0 Å². The van der Waals surface area contributed by atoms with E-state index in [0.29, 0.717) is 0 Å². The molecule has 0 aliphatic carbocycles. The molecule has 1 aromatic rings. The van der Waals surface area contributed by atoms with Crippen LogP contribution in [0, 0.1) is 6.92 Å². The van der Waals surface area contributed by atoms with Crippen molar-refractivity contribution in [1.82, 2.24) is 0 Å². The van der Waals surface area contributed by atoms with Crippen LogP contribution in [-0.4, -0.2) is 17.9 Å². The highest BCUT2D eigenvalue weighted by Crippen LogP contribution is 2.16. The molecule has 0 aromatic heterocycles. The van der Waals surface area contributed by atoms with Crippen molar-refractivity contribution >= 4 is 6.15 Å². The average Bonchev–Trinajstić information content (AvgIpc) is 2.20. The van der Waals surface area contributed by atoms with E-state index >= 15 is 0 Å². The highest BCUT2D eigenvalue weighted by atomic mass is 16.3. The molecule has 0 spiro atoms. The monoisotopic (exact) mass is 209 g/mol. The minimum absolute atomic E-state index is 0.0317. The van der Waals surface area contributed by atoms with Crippen LogP contribution in [0.5, 0.6) is 0 Å². The molecule has 0 aliphatic heterocycles. The Kier molecular flexibility index (Phi) is 5.49. The van der Waals surface area contributed by atoms with Crippen molar-refractivity contribution in [3.05, 3.63) is 35.4 Å². The molecule has 1 aromatic carbocycles. The minimum Gasteiger partial charge on any atom is -0.394 e. The smallest absolute Gasteiger partial charge is 0.373 e. The standard InChI is InChI=1S/C10H15NO.CO2/c1-8-3-5-9(6-4-8)10(2,11)7-12;2-1-3/h3-6,12H,7,11H2,1-2H3;. The normalized spacial score (nSPS) is 13.1. The van der Waals surface area contributed by atoms with Gasteiger partial charge in [-0.2, -0.15) is 9.59 Å². The van der Waals surface area contributed by atoms with E-state index in [1.54, 1.807) is 0 Å². The average molecular weight is 209 g/mol. The third-order valence-electron chi connectivity index (χ3n) is 2.04. The minimum atomic E-state index is -0.617. The summed E-state index contributed by atoms with van der Waals surface area (Å²) < 4.78 is 0. The van der Waals surface area contributed by atoms with Gasteiger partial charge in [0.2, 0.25) is 0 Å². The molecule has 0 amide bonds. The summed E-state index contributed by atoms with van der Waals surface area (Å²) in [6.07, 6.45) is 0.250. The van der Waals surface area contributed by atoms with E-state index < -0.39 is 5.54 Å². The summed E-state index contributed by atoms with van der Waals surface area (Å²) in [5.41, 5.74) is 7.39. The fraction of sp³-hybridized carbons (Fsp3) is 0.364. The number of hydrogen-bond donors (Lipinski definition) is 2. The molecule has 15 heavy (non-hydrogen) atoms. The number of benzene rings is 1. The third-order valence-corrected chi connectivity index (χ3v) is 2.04. The Labute approximate surface area is 88.7 Å². The van der Waals surface area contributed by atoms with Crippen molar-refractivity contribution < 1.29 is 14.7 Å². The summed E-state index contributed by atoms with van der Waals surface area (Å²) in [7, 11) is 0. The lowest BCUT2D eigenvalue weighted by Gasteiger charge is -2.22. The van der Waals surface area contributed by atoms with Gasteiger partial charge < -0.3 is 10.8 Å². The zero-order chi connectivity index (χ0) is 11.9. The zero-order valence-corrected chi connectivity index (χ0v) is 8.86. The zero-order valence-electron chi connectivity index (χ0n) is 8.86. The van der Waals surface area contributed by atoms with Gasteiger partial charge in [0.15, 0.2) is 0 Å². The molecule has 82 valence electrons. The molecule has 0 saturated heterocycles. The van der Waals surface area contributed by atoms with E-state index in [0.717, 1.165) is 5.56 Å². The van der Waals surface area contributed by atoms with Gasteiger partial charge in [-0.1, -0.05) is 29.8 Å². The number of rotatable bonds is 2. The maximum absolute atomic E-state index is 8.99. The maximum atomic E-state index is 8.99. The topological polar surface area (TPSA) is 80.4 Å². The van der Waals surface area contributed by atoms with Crippen LogP contribution in [0.25, 0.3) is 0 Å². The first-order chi connectivity index (χ1) is 6.97. The first kappa shape index (κ1) is 13.5. The highest BCUT2D eigenvalue weighted by molar-refractivity contribution is 5.27. The largest absolute Gasteiger partial charge is 0.394 e. The molecule has 0 heterocycles.